The monoisotopic (exact) mass is 411 g/mol. The fraction of sp³-hybridized carbons (Fsp3) is 0.500. The summed E-state index contributed by atoms with van der Waals surface area (Å²) in [6.45, 7) is 8.71. The summed E-state index contributed by atoms with van der Waals surface area (Å²) in [5, 5.41) is 6.77. The molecule has 0 bridgehead atoms. The number of rotatable bonds is 8. The summed E-state index contributed by atoms with van der Waals surface area (Å²) in [5.41, 5.74) is 2.31. The Morgan fingerprint density at radius 2 is 1.90 bits per heavy atom. The van der Waals surface area contributed by atoms with Gasteiger partial charge < -0.3 is 20.3 Å². The van der Waals surface area contributed by atoms with Gasteiger partial charge in [-0.05, 0) is 37.6 Å². The van der Waals surface area contributed by atoms with Gasteiger partial charge in [0.05, 0.1) is 7.11 Å². The van der Waals surface area contributed by atoms with E-state index in [1.54, 1.807) is 26.6 Å². The molecule has 8 heteroatoms. The highest BCUT2D eigenvalue weighted by atomic mass is 16.5. The molecule has 2 aromatic rings. The number of methoxy groups -OCH3 is 1. The number of piperazine rings is 1. The Morgan fingerprint density at radius 3 is 2.60 bits per heavy atom. The van der Waals surface area contributed by atoms with E-state index in [-0.39, 0.29) is 0 Å². The lowest BCUT2D eigenvalue weighted by Crippen LogP contribution is -2.47. The van der Waals surface area contributed by atoms with E-state index in [2.05, 4.69) is 60.5 Å². The van der Waals surface area contributed by atoms with Gasteiger partial charge in [-0.2, -0.15) is 0 Å². The van der Waals surface area contributed by atoms with Crippen molar-refractivity contribution in [3.8, 4) is 5.75 Å². The molecule has 1 aliphatic heterocycles. The van der Waals surface area contributed by atoms with Gasteiger partial charge in [-0.25, -0.2) is 9.97 Å². The molecule has 0 aliphatic carbocycles. The number of aryl methyl sites for hydroxylation is 1. The minimum absolute atomic E-state index is 0.673. The zero-order chi connectivity index (χ0) is 21.2. The molecule has 0 unspecified atom stereocenters. The highest BCUT2D eigenvalue weighted by Gasteiger charge is 2.18. The van der Waals surface area contributed by atoms with Gasteiger partial charge in [-0.15, -0.1) is 0 Å². The molecule has 0 radical (unpaired) electrons. The van der Waals surface area contributed by atoms with E-state index in [9.17, 15) is 0 Å². The molecular weight excluding hydrogens is 378 g/mol. The summed E-state index contributed by atoms with van der Waals surface area (Å²) >= 11 is 0. The standard InChI is InChI=1S/C22H33N7O/c1-18-6-7-19(20(16-18)30-3)17-27-21(23-2)24-10-5-11-28-12-14-29(15-13-28)22-25-8-4-9-26-22/h4,6-9,16H,5,10-15,17H2,1-3H3,(H2,23,24,27). The van der Waals surface area contributed by atoms with Crippen molar-refractivity contribution in [3.63, 3.8) is 0 Å². The zero-order valence-electron chi connectivity index (χ0n) is 18.3. The third kappa shape index (κ3) is 6.32. The lowest BCUT2D eigenvalue weighted by molar-refractivity contribution is 0.254. The van der Waals surface area contributed by atoms with Crippen molar-refractivity contribution < 1.29 is 4.74 Å². The predicted octanol–water partition coefficient (Wildman–Crippen LogP) is 1.67. The Bertz CT molecular complexity index is 804. The van der Waals surface area contributed by atoms with Crippen molar-refractivity contribution in [3.05, 3.63) is 47.8 Å². The normalized spacial score (nSPS) is 15.2. The second-order valence-electron chi connectivity index (χ2n) is 7.40. The quantitative estimate of drug-likeness (QED) is 0.389. The van der Waals surface area contributed by atoms with Gasteiger partial charge in [0.25, 0.3) is 0 Å². The maximum absolute atomic E-state index is 5.48. The number of hydrogen-bond donors (Lipinski definition) is 2. The first-order valence-corrected chi connectivity index (χ1v) is 10.5. The van der Waals surface area contributed by atoms with Gasteiger partial charge in [0, 0.05) is 64.3 Å². The molecule has 2 N–H and O–H groups in total. The molecule has 0 amide bonds. The number of ether oxygens (including phenoxy) is 1. The van der Waals surface area contributed by atoms with Crippen LogP contribution < -0.4 is 20.3 Å². The second-order valence-corrected chi connectivity index (χ2v) is 7.40. The maximum atomic E-state index is 5.48. The average Bonchev–Trinajstić information content (AvgIpc) is 2.80. The van der Waals surface area contributed by atoms with Crippen LogP contribution in [0.25, 0.3) is 0 Å². The van der Waals surface area contributed by atoms with Crippen molar-refractivity contribution in [1.29, 1.82) is 0 Å². The van der Waals surface area contributed by atoms with Gasteiger partial charge in [0.1, 0.15) is 5.75 Å². The predicted molar refractivity (Wildman–Crippen MR) is 121 cm³/mol. The number of aliphatic imine (C=N–C) groups is 1. The summed E-state index contributed by atoms with van der Waals surface area (Å²) in [5.74, 6) is 2.54. The summed E-state index contributed by atoms with van der Waals surface area (Å²) in [6, 6.07) is 8.09. The number of guanidine groups is 1. The smallest absolute Gasteiger partial charge is 0.225 e. The lowest BCUT2D eigenvalue weighted by Gasteiger charge is -2.34. The Hall–Kier alpha value is -2.87. The van der Waals surface area contributed by atoms with E-state index in [0.29, 0.717) is 6.54 Å². The highest BCUT2D eigenvalue weighted by Crippen LogP contribution is 2.19. The van der Waals surface area contributed by atoms with Crippen molar-refractivity contribution in [2.75, 3.05) is 58.3 Å². The van der Waals surface area contributed by atoms with Crippen molar-refractivity contribution in [1.82, 2.24) is 25.5 Å². The maximum Gasteiger partial charge on any atom is 0.225 e. The minimum atomic E-state index is 0.673. The fourth-order valence-electron chi connectivity index (χ4n) is 3.53. The van der Waals surface area contributed by atoms with E-state index in [0.717, 1.165) is 68.9 Å². The van der Waals surface area contributed by atoms with Crippen LogP contribution in [0.4, 0.5) is 5.95 Å². The number of anilines is 1. The first kappa shape index (κ1) is 21.8. The molecular formula is C22H33N7O. The van der Waals surface area contributed by atoms with Crippen LogP contribution in [0.15, 0.2) is 41.7 Å². The van der Waals surface area contributed by atoms with Crippen LogP contribution >= 0.6 is 0 Å². The Balaban J connectivity index is 1.34. The Labute approximate surface area is 179 Å². The summed E-state index contributed by atoms with van der Waals surface area (Å²) in [7, 11) is 3.50. The molecule has 1 saturated heterocycles. The third-order valence-corrected chi connectivity index (χ3v) is 5.26. The number of hydrogen-bond acceptors (Lipinski definition) is 6. The molecule has 1 aromatic carbocycles. The number of aromatic nitrogens is 2. The highest BCUT2D eigenvalue weighted by molar-refractivity contribution is 5.79. The van der Waals surface area contributed by atoms with Gasteiger partial charge in [0.15, 0.2) is 5.96 Å². The first-order chi connectivity index (χ1) is 14.7. The fourth-order valence-corrected chi connectivity index (χ4v) is 3.53. The van der Waals surface area contributed by atoms with Crippen LogP contribution in [-0.2, 0) is 6.54 Å². The summed E-state index contributed by atoms with van der Waals surface area (Å²) in [4.78, 5) is 17.8. The van der Waals surface area contributed by atoms with Crippen LogP contribution in [0.2, 0.25) is 0 Å². The Morgan fingerprint density at radius 1 is 1.13 bits per heavy atom. The minimum Gasteiger partial charge on any atom is -0.496 e. The van der Waals surface area contributed by atoms with Gasteiger partial charge in [0.2, 0.25) is 5.95 Å². The third-order valence-electron chi connectivity index (χ3n) is 5.26. The van der Waals surface area contributed by atoms with Gasteiger partial charge >= 0.3 is 0 Å². The SMILES string of the molecule is CN=C(NCCCN1CCN(c2ncccn2)CC1)NCc1ccc(C)cc1OC. The van der Waals surface area contributed by atoms with Crippen molar-refractivity contribution in [2.45, 2.75) is 19.9 Å². The van der Waals surface area contributed by atoms with E-state index in [1.165, 1.54) is 5.56 Å². The first-order valence-electron chi connectivity index (χ1n) is 10.5. The van der Waals surface area contributed by atoms with E-state index >= 15 is 0 Å². The van der Waals surface area contributed by atoms with Crippen LogP contribution in [0.3, 0.4) is 0 Å². The molecule has 2 heterocycles. The number of benzene rings is 1. The topological polar surface area (TPSA) is 77.9 Å². The molecule has 1 aliphatic rings. The van der Waals surface area contributed by atoms with Gasteiger partial charge in [-0.1, -0.05) is 12.1 Å². The van der Waals surface area contributed by atoms with Gasteiger partial charge in [-0.3, -0.25) is 9.89 Å². The van der Waals surface area contributed by atoms with Crippen LogP contribution in [0.1, 0.15) is 17.5 Å². The van der Waals surface area contributed by atoms with Crippen molar-refractivity contribution in [2.24, 2.45) is 4.99 Å². The van der Waals surface area contributed by atoms with Crippen LogP contribution in [0.5, 0.6) is 5.75 Å². The molecule has 1 fully saturated rings. The summed E-state index contributed by atoms with van der Waals surface area (Å²) in [6.07, 6.45) is 4.67. The number of nitrogens with one attached hydrogen (secondary N) is 2. The molecule has 3 rings (SSSR count). The second kappa shape index (κ2) is 11.3. The zero-order valence-corrected chi connectivity index (χ0v) is 18.3. The molecule has 1 aromatic heterocycles. The Kier molecular flexibility index (Phi) is 8.26. The molecule has 0 atom stereocenters. The van der Waals surface area contributed by atoms with E-state index < -0.39 is 0 Å². The molecule has 162 valence electrons. The average molecular weight is 412 g/mol. The summed E-state index contributed by atoms with van der Waals surface area (Å²) < 4.78 is 5.48. The van der Waals surface area contributed by atoms with E-state index in [1.807, 2.05) is 6.07 Å². The van der Waals surface area contributed by atoms with Crippen LogP contribution in [0, 0.1) is 6.92 Å². The van der Waals surface area contributed by atoms with Crippen LogP contribution in [-0.4, -0.2) is 74.3 Å². The largest absolute Gasteiger partial charge is 0.496 e. The molecule has 8 nitrogen and oxygen atoms in total. The lowest BCUT2D eigenvalue weighted by atomic mass is 10.1. The molecule has 30 heavy (non-hydrogen) atoms. The number of nitrogens with zero attached hydrogens (tertiary/aromatic N) is 5. The van der Waals surface area contributed by atoms with Crippen molar-refractivity contribution >= 4 is 11.9 Å². The van der Waals surface area contributed by atoms with E-state index in [4.69, 9.17) is 4.74 Å². The molecule has 0 saturated carbocycles. The molecule has 0 spiro atoms.